The summed E-state index contributed by atoms with van der Waals surface area (Å²) in [5.41, 5.74) is 0. The van der Waals surface area contributed by atoms with Crippen molar-refractivity contribution in [1.29, 1.82) is 0 Å². The average Bonchev–Trinajstić information content (AvgIpc) is 2.72. The molecule has 0 saturated heterocycles. The third-order valence-corrected chi connectivity index (χ3v) is 4.74. The molecule has 12 nitrogen and oxygen atoms in total. The number of carboxylic acids is 3. The van der Waals surface area contributed by atoms with Gasteiger partial charge >= 0.3 is 47.5 Å². The van der Waals surface area contributed by atoms with Gasteiger partial charge in [-0.25, -0.2) is 8.42 Å². The van der Waals surface area contributed by atoms with Gasteiger partial charge in [0.05, 0.1) is 11.5 Å². The Bertz CT molecular complexity index is 579. The van der Waals surface area contributed by atoms with Crippen LogP contribution in [0.4, 0.5) is 0 Å². The molecule has 0 radical (unpaired) electrons. The number of halogens is 1. The summed E-state index contributed by atoms with van der Waals surface area (Å²) in [6.07, 6.45) is 7.52. The molecule has 0 aromatic rings. The number of hydrogen-bond acceptors (Lipinski definition) is 9. The first-order valence-electron chi connectivity index (χ1n) is 9.88. The van der Waals surface area contributed by atoms with Crippen LogP contribution in [-0.2, 0) is 29.0 Å². The number of hydrogen-bond donors (Lipinski definition) is 4. The molecule has 37 heavy (non-hydrogen) atoms. The van der Waals surface area contributed by atoms with E-state index in [9.17, 15) is 22.8 Å². The quantitative estimate of drug-likeness (QED) is 0.0813. The van der Waals surface area contributed by atoms with Crippen LogP contribution in [0.5, 0.6) is 0 Å². The van der Waals surface area contributed by atoms with E-state index >= 15 is 0 Å². The van der Waals surface area contributed by atoms with Gasteiger partial charge in [0.2, 0.25) is 0 Å². The molecule has 0 rings (SSSR count). The first-order chi connectivity index (χ1) is 15.3. The van der Waals surface area contributed by atoms with E-state index in [0.29, 0.717) is 0 Å². The van der Waals surface area contributed by atoms with Gasteiger partial charge in [-0.3, -0.25) is 14.4 Å². The molecule has 0 atom stereocenters. The normalized spacial score (nSPS) is 7.89. The van der Waals surface area contributed by atoms with Gasteiger partial charge < -0.3 is 36.5 Å². The van der Waals surface area contributed by atoms with Crippen LogP contribution in [0.25, 0.3) is 0 Å². The fraction of sp³-hybridized carbons (Fsp3) is 0.700. The van der Waals surface area contributed by atoms with Gasteiger partial charge in [-0.15, -0.1) is 11.6 Å². The van der Waals surface area contributed by atoms with Crippen molar-refractivity contribution < 1.29 is 88.9 Å². The molecule has 0 saturated carbocycles. The number of aldehydes is 1. The Hall–Kier alpha value is -0.360. The van der Waals surface area contributed by atoms with Crippen molar-refractivity contribution in [3.8, 4) is 0 Å². The number of sulfone groups is 1. The molecule has 8 N–H and O–H groups in total. The van der Waals surface area contributed by atoms with Crippen molar-refractivity contribution in [2.24, 2.45) is 0 Å². The zero-order chi connectivity index (χ0) is 27.7. The minimum Gasteiger partial charge on any atom is -0.870 e. The second-order valence-corrected chi connectivity index (χ2v) is 9.49. The summed E-state index contributed by atoms with van der Waals surface area (Å²) in [6.45, 7) is 10.9. The molecule has 17 heteroatoms. The third-order valence-electron chi connectivity index (χ3n) is 2.04. The van der Waals surface area contributed by atoms with Crippen molar-refractivity contribution in [2.45, 2.75) is 54.4 Å². The number of carboxylic acid groups (broad SMARTS) is 3. The van der Waals surface area contributed by atoms with Gasteiger partial charge in [0, 0.05) is 11.6 Å². The number of unbranched alkanes of at least 4 members (excludes halogenated alkanes) is 1. The van der Waals surface area contributed by atoms with E-state index in [-0.39, 0.29) is 63.2 Å². The second kappa shape index (κ2) is 60.3. The van der Waals surface area contributed by atoms with Crippen LogP contribution in [0.15, 0.2) is 12.2 Å². The van der Waals surface area contributed by atoms with Gasteiger partial charge in [-0.1, -0.05) is 46.3 Å². The number of alkyl halides is 1. The van der Waals surface area contributed by atoms with E-state index in [1.807, 2.05) is 13.8 Å². The molecule has 0 aromatic carbocycles. The van der Waals surface area contributed by atoms with Crippen LogP contribution in [0.2, 0.25) is 0 Å². The summed E-state index contributed by atoms with van der Waals surface area (Å²) in [6, 6.07) is 0. The Morgan fingerprint density at radius 2 is 1.30 bits per heavy atom. The molecule has 0 aliphatic heterocycles. The van der Waals surface area contributed by atoms with Crippen LogP contribution < -0.4 is 29.6 Å². The maximum Gasteiger partial charge on any atom is 1.00 e. The topological polar surface area (TPSA) is 256 Å². The van der Waals surface area contributed by atoms with E-state index in [1.165, 1.54) is 38.5 Å². The fourth-order valence-electron chi connectivity index (χ4n) is 0.813. The molecule has 0 fully saturated rings. The third kappa shape index (κ3) is 146. The minimum absolute atomic E-state index is 0. The molecule has 0 aromatic heterocycles. The Labute approximate surface area is 258 Å². The zero-order valence-corrected chi connectivity index (χ0v) is 28.1. The molecule has 0 aliphatic rings. The van der Waals surface area contributed by atoms with E-state index in [2.05, 4.69) is 38.6 Å². The molecular weight excluding hydrogens is 587 g/mol. The van der Waals surface area contributed by atoms with Gasteiger partial charge in [-0.05, 0) is 26.0 Å². The average molecular weight is 633 g/mol. The van der Waals surface area contributed by atoms with Crippen LogP contribution in [0, 0.1) is 0 Å². The molecule has 0 heterocycles. The van der Waals surface area contributed by atoms with Gasteiger partial charge in [0.1, 0.15) is 12.0 Å². The Morgan fingerprint density at radius 3 is 1.38 bits per heavy atom. The summed E-state index contributed by atoms with van der Waals surface area (Å²) in [7, 11) is -3.32. The molecule has 0 unspecified atom stereocenters. The summed E-state index contributed by atoms with van der Waals surface area (Å²) in [4.78, 5) is 37.6. The number of aliphatic carboxylic acids is 3. The Kier molecular flexibility index (Phi) is 107. The molecule has 224 valence electrons. The molecule has 0 bridgehead atoms. The summed E-state index contributed by atoms with van der Waals surface area (Å²) in [5, 5.41) is 23.7. The number of carbonyl (C=O) groups excluding carboxylic acids is 1. The maximum atomic E-state index is 10.4. The standard InChI is InChI=1S/C6H12.C4H8O4S.C4H8O2S.C2H5Cl.C2H4O2S.C2H4O.Na.3H2O/c1-3-5-6-4-2;1-2-9(7,8)3-4(5)6;1-2-7-3-4(5)6;1-2-3;3-2(4)1-5;1-2-3;;;;/h3,5H,4,6H2,1-2H3;2-3H2,1H3,(H,5,6);2-3H2,1H3,(H,5,6);2H2,1H3;5H,1H2,(H,3,4);2H,1H3;;3*1H2/q;;;;;;+1;;;/p-1/b5-3+;;;;;;;;;. The molecule has 0 amide bonds. The van der Waals surface area contributed by atoms with Crippen molar-refractivity contribution in [3.63, 3.8) is 0 Å². The van der Waals surface area contributed by atoms with Gasteiger partial charge in [0.15, 0.2) is 9.84 Å². The number of thioether (sulfide) groups is 1. The number of thiol groups is 1. The number of allylic oxidation sites excluding steroid dienone is 2. The predicted octanol–water partition coefficient (Wildman–Crippen LogP) is -0.679. The summed E-state index contributed by atoms with van der Waals surface area (Å²) < 4.78 is 20.9. The maximum absolute atomic E-state index is 10.4. The summed E-state index contributed by atoms with van der Waals surface area (Å²) in [5.74, 6) is -2.02. The van der Waals surface area contributed by atoms with Crippen molar-refractivity contribution in [2.75, 3.05) is 34.6 Å². The van der Waals surface area contributed by atoms with Crippen molar-refractivity contribution in [1.82, 2.24) is 0 Å². The predicted molar refractivity (Wildman–Crippen MR) is 151 cm³/mol. The minimum atomic E-state index is -3.32. The van der Waals surface area contributed by atoms with Crippen LogP contribution >= 0.6 is 36.0 Å². The number of carbonyl (C=O) groups is 4. The molecular formula is C20H46ClNaO12S3. The zero-order valence-electron chi connectivity index (χ0n) is 22.8. The van der Waals surface area contributed by atoms with Crippen LogP contribution in [-0.4, -0.2) is 99.0 Å². The van der Waals surface area contributed by atoms with E-state index in [4.69, 9.17) is 31.7 Å². The van der Waals surface area contributed by atoms with Gasteiger partial charge in [-0.2, -0.15) is 24.4 Å². The first-order valence-corrected chi connectivity index (χ1v) is 14.0. The molecule has 0 aliphatic carbocycles. The second-order valence-electron chi connectivity index (χ2n) is 5.01. The Balaban J connectivity index is -0.0000000300. The molecule has 0 spiro atoms. The van der Waals surface area contributed by atoms with E-state index in [0.717, 1.165) is 17.9 Å². The van der Waals surface area contributed by atoms with Crippen LogP contribution in [0.3, 0.4) is 0 Å². The van der Waals surface area contributed by atoms with Gasteiger partial charge in [0.25, 0.3) is 0 Å². The van der Waals surface area contributed by atoms with Crippen molar-refractivity contribution >= 4 is 70.0 Å². The summed E-state index contributed by atoms with van der Waals surface area (Å²) >= 11 is 9.83. The monoisotopic (exact) mass is 632 g/mol. The van der Waals surface area contributed by atoms with E-state index in [1.54, 1.807) is 0 Å². The first kappa shape index (κ1) is 65.6. The largest absolute Gasteiger partial charge is 1.00 e. The smallest absolute Gasteiger partial charge is 0.870 e. The van der Waals surface area contributed by atoms with Crippen molar-refractivity contribution in [3.05, 3.63) is 12.2 Å². The SMILES string of the molecule is C/C=C/CCC.CC=O.CCCl.CCS(=O)(=O)CC(=O)O.CCSCC(=O)O.O.O.O=C(O)CS.[Na+].[OH-]. The number of rotatable bonds is 9. The van der Waals surface area contributed by atoms with Crippen LogP contribution in [0.1, 0.15) is 54.4 Å². The fourth-order valence-corrected chi connectivity index (χ4v) is 1.77. The van der Waals surface area contributed by atoms with E-state index < -0.39 is 33.5 Å². The Morgan fingerprint density at radius 1 is 0.946 bits per heavy atom.